The highest BCUT2D eigenvalue weighted by molar-refractivity contribution is 5.27. The van der Waals surface area contributed by atoms with E-state index < -0.39 is 12.5 Å². The van der Waals surface area contributed by atoms with Gasteiger partial charge in [0.05, 0.1) is 0 Å². The van der Waals surface area contributed by atoms with E-state index in [1.807, 2.05) is 0 Å². The van der Waals surface area contributed by atoms with E-state index in [1.54, 1.807) is 12.1 Å². The van der Waals surface area contributed by atoms with E-state index in [2.05, 4.69) is 11.7 Å². The molecule has 0 aromatic heterocycles. The lowest BCUT2D eigenvalue weighted by atomic mass is 9.68. The van der Waals surface area contributed by atoms with E-state index in [1.165, 1.54) is 95.6 Å². The Labute approximate surface area is 197 Å². The summed E-state index contributed by atoms with van der Waals surface area (Å²) < 4.78 is 54.2. The number of hydrogen-bond acceptors (Lipinski definition) is 1. The van der Waals surface area contributed by atoms with Gasteiger partial charge in [0.25, 0.3) is 0 Å². The van der Waals surface area contributed by atoms with Gasteiger partial charge in [0, 0.05) is 0 Å². The number of hydrogen-bond donors (Lipinski definition) is 0. The lowest BCUT2D eigenvalue weighted by Crippen LogP contribution is -2.29. The quantitative estimate of drug-likeness (QED) is 0.231. The topological polar surface area (TPSA) is 9.23 Å². The monoisotopic (exact) mass is 470 g/mol. The lowest BCUT2D eigenvalue weighted by Gasteiger charge is -2.38. The van der Waals surface area contributed by atoms with Crippen LogP contribution in [0.15, 0.2) is 24.3 Å². The van der Waals surface area contributed by atoms with Crippen LogP contribution in [0.2, 0.25) is 0 Å². The van der Waals surface area contributed by atoms with Crippen molar-refractivity contribution in [2.45, 2.75) is 116 Å². The van der Waals surface area contributed by atoms with Crippen LogP contribution in [0.25, 0.3) is 0 Å². The van der Waals surface area contributed by atoms with E-state index in [-0.39, 0.29) is 5.75 Å². The van der Waals surface area contributed by atoms with Crippen molar-refractivity contribution in [2.75, 3.05) is 0 Å². The van der Waals surface area contributed by atoms with Crippen LogP contribution in [0.4, 0.5) is 17.6 Å². The molecule has 1 aromatic rings. The zero-order chi connectivity index (χ0) is 23.7. The summed E-state index contributed by atoms with van der Waals surface area (Å²) in [5.74, 6) is 3.50. The lowest BCUT2D eigenvalue weighted by molar-refractivity contribution is -0.236. The number of alkyl halides is 4. The van der Waals surface area contributed by atoms with Crippen molar-refractivity contribution < 1.29 is 22.3 Å². The molecule has 1 atom stereocenters. The standard InChI is InChI=1S/C28H42F4O/c1-2-3-4-5-6-21-9-15-24(16-10-21)25-17-11-22(12-18-25)7-8-23-13-19-26(20-14-23)33-27(29)28(30,31)32/h13-14,19-22,24-25,27H,2-12,15-18H2,1H3. The van der Waals surface area contributed by atoms with Crippen LogP contribution >= 0.6 is 0 Å². The Morgan fingerprint density at radius 1 is 0.788 bits per heavy atom. The largest absolute Gasteiger partial charge is 0.457 e. The van der Waals surface area contributed by atoms with Crippen molar-refractivity contribution >= 4 is 0 Å². The molecule has 1 nitrogen and oxygen atoms in total. The van der Waals surface area contributed by atoms with E-state index in [0.717, 1.165) is 42.1 Å². The molecule has 0 saturated heterocycles. The van der Waals surface area contributed by atoms with Gasteiger partial charge in [-0.15, -0.1) is 0 Å². The first-order valence-electron chi connectivity index (χ1n) is 13.3. The minimum atomic E-state index is -4.99. The third-order valence-electron chi connectivity index (χ3n) is 8.18. The zero-order valence-corrected chi connectivity index (χ0v) is 20.2. The second-order valence-electron chi connectivity index (χ2n) is 10.6. The smallest absolute Gasteiger partial charge is 0.452 e. The summed E-state index contributed by atoms with van der Waals surface area (Å²) in [5, 5.41) is 0. The number of rotatable bonds is 11. The van der Waals surface area contributed by atoms with Gasteiger partial charge in [-0.25, -0.2) is 0 Å². The zero-order valence-electron chi connectivity index (χ0n) is 20.2. The third-order valence-corrected chi connectivity index (χ3v) is 8.18. The number of benzene rings is 1. The highest BCUT2D eigenvalue weighted by Gasteiger charge is 2.42. The fourth-order valence-corrected chi connectivity index (χ4v) is 6.05. The minimum absolute atomic E-state index is 0.0836. The van der Waals surface area contributed by atoms with Gasteiger partial charge in [0.1, 0.15) is 5.75 Å². The SMILES string of the molecule is CCCCCCC1CCC(C2CCC(CCc3ccc(OC(F)C(F)(F)F)cc3)CC2)CC1. The Kier molecular flexibility index (Phi) is 10.4. The fraction of sp³-hybridized carbons (Fsp3) is 0.786. The van der Waals surface area contributed by atoms with Crippen LogP contribution in [0.1, 0.15) is 102 Å². The molecule has 1 aromatic carbocycles. The predicted octanol–water partition coefficient (Wildman–Crippen LogP) is 9.44. The van der Waals surface area contributed by atoms with Crippen LogP contribution < -0.4 is 4.74 Å². The van der Waals surface area contributed by atoms with Crippen molar-refractivity contribution in [1.29, 1.82) is 0 Å². The van der Waals surface area contributed by atoms with Crippen LogP contribution in [0.3, 0.4) is 0 Å². The van der Waals surface area contributed by atoms with Gasteiger partial charge >= 0.3 is 12.5 Å². The maximum atomic E-state index is 13.0. The number of unbranched alkanes of at least 4 members (excludes halogenated alkanes) is 3. The molecule has 3 rings (SSSR count). The molecule has 0 bridgehead atoms. The van der Waals surface area contributed by atoms with Crippen molar-refractivity contribution in [3.63, 3.8) is 0 Å². The number of aryl methyl sites for hydroxylation is 1. The Morgan fingerprint density at radius 3 is 1.85 bits per heavy atom. The molecule has 1 unspecified atom stereocenters. The Morgan fingerprint density at radius 2 is 1.33 bits per heavy atom. The Hall–Kier alpha value is -1.26. The molecule has 0 heterocycles. The molecular formula is C28H42F4O. The summed E-state index contributed by atoms with van der Waals surface area (Å²) in [6.07, 6.45) is 11.9. The second kappa shape index (κ2) is 13.0. The predicted molar refractivity (Wildman–Crippen MR) is 126 cm³/mol. The number of ether oxygens (including phenoxy) is 1. The third kappa shape index (κ3) is 8.79. The molecule has 0 amide bonds. The summed E-state index contributed by atoms with van der Waals surface area (Å²) in [4.78, 5) is 0. The number of halogens is 4. The highest BCUT2D eigenvalue weighted by Crippen LogP contribution is 2.43. The van der Waals surface area contributed by atoms with Crippen LogP contribution in [-0.2, 0) is 6.42 Å². The maximum absolute atomic E-state index is 13.0. The molecule has 0 spiro atoms. The van der Waals surface area contributed by atoms with E-state index >= 15 is 0 Å². The summed E-state index contributed by atoms with van der Waals surface area (Å²) in [7, 11) is 0. The summed E-state index contributed by atoms with van der Waals surface area (Å²) >= 11 is 0. The molecule has 2 aliphatic rings. The molecular weight excluding hydrogens is 428 g/mol. The molecule has 0 N–H and O–H groups in total. The van der Waals surface area contributed by atoms with E-state index in [0.29, 0.717) is 0 Å². The molecule has 0 aliphatic heterocycles. The highest BCUT2D eigenvalue weighted by atomic mass is 19.4. The molecule has 2 aliphatic carbocycles. The van der Waals surface area contributed by atoms with Gasteiger partial charge < -0.3 is 4.74 Å². The van der Waals surface area contributed by atoms with Gasteiger partial charge in [-0.3, -0.25) is 0 Å². The summed E-state index contributed by atoms with van der Waals surface area (Å²) in [6.45, 7) is 2.28. The first-order chi connectivity index (χ1) is 15.8. The molecule has 2 fully saturated rings. The maximum Gasteiger partial charge on any atom is 0.457 e. The fourth-order valence-electron chi connectivity index (χ4n) is 6.05. The van der Waals surface area contributed by atoms with Gasteiger partial charge in [-0.1, -0.05) is 76.8 Å². The first-order valence-corrected chi connectivity index (χ1v) is 13.3. The van der Waals surface area contributed by atoms with Crippen molar-refractivity contribution in [3.8, 4) is 5.75 Å². The van der Waals surface area contributed by atoms with E-state index in [4.69, 9.17) is 0 Å². The van der Waals surface area contributed by atoms with Crippen molar-refractivity contribution in [2.24, 2.45) is 23.7 Å². The Balaban J connectivity index is 1.31. The van der Waals surface area contributed by atoms with Crippen molar-refractivity contribution in [1.82, 2.24) is 0 Å². The molecule has 2 saturated carbocycles. The summed E-state index contributed by atoms with van der Waals surface area (Å²) in [6, 6.07) is 6.38. The average molecular weight is 471 g/mol. The van der Waals surface area contributed by atoms with Gasteiger partial charge in [-0.05, 0) is 79.9 Å². The van der Waals surface area contributed by atoms with Crippen LogP contribution in [-0.4, -0.2) is 12.5 Å². The molecule has 5 heteroatoms. The van der Waals surface area contributed by atoms with Gasteiger partial charge in [0.2, 0.25) is 0 Å². The Bertz CT molecular complexity index is 655. The van der Waals surface area contributed by atoms with E-state index in [9.17, 15) is 17.6 Å². The van der Waals surface area contributed by atoms with Gasteiger partial charge in [0.15, 0.2) is 0 Å². The van der Waals surface area contributed by atoms with Gasteiger partial charge in [-0.2, -0.15) is 17.6 Å². The molecule has 0 radical (unpaired) electrons. The minimum Gasteiger partial charge on any atom is -0.452 e. The van der Waals surface area contributed by atoms with Crippen LogP contribution in [0, 0.1) is 23.7 Å². The molecule has 188 valence electrons. The van der Waals surface area contributed by atoms with Crippen LogP contribution in [0.5, 0.6) is 5.75 Å². The summed E-state index contributed by atoms with van der Waals surface area (Å²) in [5.41, 5.74) is 1.07. The first kappa shape index (κ1) is 26.3. The normalized spacial score (nSPS) is 27.3. The van der Waals surface area contributed by atoms with Crippen molar-refractivity contribution in [3.05, 3.63) is 29.8 Å². The second-order valence-corrected chi connectivity index (χ2v) is 10.6. The average Bonchev–Trinajstić information content (AvgIpc) is 2.81. The molecule has 33 heavy (non-hydrogen) atoms.